The molecule has 0 atom stereocenters. The minimum Gasteiger partial charge on any atom is -0.124 e. The molecular weight excluding hydrogens is 376 g/mol. The number of thioether (sulfide) groups is 1. The Morgan fingerprint density at radius 1 is 0.429 bits per heavy atom. The predicted molar refractivity (Wildman–Crippen MR) is 119 cm³/mol. The molecule has 0 saturated carbocycles. The first-order valence-electron chi connectivity index (χ1n) is 9.54. The van der Waals surface area contributed by atoms with E-state index in [4.69, 9.17) is 0 Å². The summed E-state index contributed by atoms with van der Waals surface area (Å²) in [6.45, 7) is 0. The normalized spacial score (nSPS) is 17.6. The van der Waals surface area contributed by atoms with E-state index in [2.05, 4.69) is 121 Å². The van der Waals surface area contributed by atoms with E-state index < -0.39 is 0 Å². The van der Waals surface area contributed by atoms with Crippen molar-refractivity contribution in [3.63, 3.8) is 0 Å². The zero-order valence-corrected chi connectivity index (χ0v) is 16.8. The highest BCUT2D eigenvalue weighted by Gasteiger charge is 2.73. The lowest BCUT2D eigenvalue weighted by atomic mass is 9.73. The highest BCUT2D eigenvalue weighted by atomic mass is 32.2. The molecule has 0 N–H and O–H groups in total. The fourth-order valence-electron chi connectivity index (χ4n) is 4.69. The zero-order chi connectivity index (χ0) is 18.6. The lowest BCUT2D eigenvalue weighted by Crippen LogP contribution is -2.28. The van der Waals surface area contributed by atoms with E-state index in [-0.39, 0.29) is 9.49 Å². The van der Waals surface area contributed by atoms with Crippen molar-refractivity contribution in [2.45, 2.75) is 19.3 Å². The minimum absolute atomic E-state index is 0.0891. The molecule has 1 saturated heterocycles. The van der Waals surface area contributed by atoms with Crippen LogP contribution in [-0.2, 0) is 9.49 Å². The van der Waals surface area contributed by atoms with Crippen molar-refractivity contribution in [2.75, 3.05) is 0 Å². The molecule has 28 heavy (non-hydrogen) atoms. The average molecular weight is 395 g/mol. The van der Waals surface area contributed by atoms with Crippen LogP contribution in [0.3, 0.4) is 0 Å². The van der Waals surface area contributed by atoms with E-state index in [1.165, 1.54) is 32.0 Å². The van der Waals surface area contributed by atoms with Crippen LogP contribution in [0.1, 0.15) is 22.3 Å². The summed E-state index contributed by atoms with van der Waals surface area (Å²) in [5.74, 6) is 0. The van der Waals surface area contributed by atoms with Gasteiger partial charge in [0.1, 0.15) is 0 Å². The summed E-state index contributed by atoms with van der Waals surface area (Å²) in [6, 6.07) is 40.0. The van der Waals surface area contributed by atoms with Gasteiger partial charge in [-0.05, 0) is 34.4 Å². The van der Waals surface area contributed by atoms with Crippen molar-refractivity contribution < 1.29 is 0 Å². The second-order valence-corrected chi connectivity index (χ2v) is 9.80. The fourth-order valence-corrected chi connectivity index (χ4v) is 7.96. The van der Waals surface area contributed by atoms with Crippen LogP contribution in [0, 0.1) is 0 Å². The van der Waals surface area contributed by atoms with Crippen LogP contribution in [0.15, 0.2) is 119 Å². The van der Waals surface area contributed by atoms with Crippen LogP contribution >= 0.6 is 23.5 Å². The number of hydrogen-bond donors (Lipinski definition) is 0. The van der Waals surface area contributed by atoms with Gasteiger partial charge in [0, 0.05) is 9.79 Å². The summed E-state index contributed by atoms with van der Waals surface area (Å²) in [7, 11) is 0. The van der Waals surface area contributed by atoms with Gasteiger partial charge in [-0.2, -0.15) is 0 Å². The predicted octanol–water partition coefficient (Wildman–Crippen LogP) is 7.09. The number of rotatable bonds is 2. The molecule has 2 aliphatic heterocycles. The Hall–Kier alpha value is -2.42. The Balaban J connectivity index is 1.71. The van der Waals surface area contributed by atoms with Gasteiger partial charge in [-0.3, -0.25) is 0 Å². The Morgan fingerprint density at radius 3 is 1.36 bits per heavy atom. The SMILES string of the molecule is c1ccc(C2(c3ccccc3)SC23c2ccccc2Sc2ccccc23)cc1. The van der Waals surface area contributed by atoms with Crippen LogP contribution in [0.5, 0.6) is 0 Å². The molecule has 1 fully saturated rings. The third-order valence-electron chi connectivity index (χ3n) is 5.87. The van der Waals surface area contributed by atoms with Gasteiger partial charge in [-0.15, -0.1) is 11.8 Å². The van der Waals surface area contributed by atoms with Gasteiger partial charge < -0.3 is 0 Å². The van der Waals surface area contributed by atoms with E-state index in [1.807, 2.05) is 11.8 Å². The minimum atomic E-state index is -0.108. The Labute approximate surface area is 174 Å². The van der Waals surface area contributed by atoms with E-state index in [0.717, 1.165) is 0 Å². The van der Waals surface area contributed by atoms with Gasteiger partial charge >= 0.3 is 0 Å². The van der Waals surface area contributed by atoms with Crippen molar-refractivity contribution in [2.24, 2.45) is 0 Å². The number of fused-ring (bicyclic) bond motifs is 4. The van der Waals surface area contributed by atoms with Crippen LogP contribution in [0.4, 0.5) is 0 Å². The Kier molecular flexibility index (Phi) is 3.56. The lowest BCUT2D eigenvalue weighted by Gasteiger charge is -2.32. The smallest absolute Gasteiger partial charge is 0.0921 e. The van der Waals surface area contributed by atoms with Gasteiger partial charge in [0.05, 0.1) is 9.49 Å². The molecule has 0 aromatic heterocycles. The third kappa shape index (κ3) is 2.05. The van der Waals surface area contributed by atoms with Gasteiger partial charge in [0.15, 0.2) is 0 Å². The van der Waals surface area contributed by atoms with E-state index in [1.54, 1.807) is 0 Å². The van der Waals surface area contributed by atoms with Crippen LogP contribution in [0.2, 0.25) is 0 Å². The number of benzene rings is 4. The van der Waals surface area contributed by atoms with Gasteiger partial charge in [-0.1, -0.05) is 109 Å². The molecule has 2 aliphatic rings. The van der Waals surface area contributed by atoms with Gasteiger partial charge in [0.2, 0.25) is 0 Å². The van der Waals surface area contributed by atoms with Crippen LogP contribution in [0.25, 0.3) is 0 Å². The maximum absolute atomic E-state index is 2.33. The van der Waals surface area contributed by atoms with E-state index in [0.29, 0.717) is 0 Å². The first-order chi connectivity index (χ1) is 13.9. The van der Waals surface area contributed by atoms with Crippen molar-refractivity contribution in [1.82, 2.24) is 0 Å². The summed E-state index contributed by atoms with van der Waals surface area (Å²) in [5.41, 5.74) is 5.64. The average Bonchev–Trinajstić information content (AvgIpc) is 3.47. The summed E-state index contributed by atoms with van der Waals surface area (Å²) in [5, 5.41) is 0. The fraction of sp³-hybridized carbons (Fsp3) is 0.0769. The second kappa shape index (κ2) is 6.04. The summed E-state index contributed by atoms with van der Waals surface area (Å²) < 4.78 is -0.198. The Morgan fingerprint density at radius 2 is 0.857 bits per heavy atom. The van der Waals surface area contributed by atoms with Crippen LogP contribution in [-0.4, -0.2) is 0 Å². The summed E-state index contributed by atoms with van der Waals surface area (Å²) >= 11 is 3.99. The van der Waals surface area contributed by atoms with E-state index >= 15 is 0 Å². The lowest BCUT2D eigenvalue weighted by molar-refractivity contribution is 0.663. The zero-order valence-electron chi connectivity index (χ0n) is 15.2. The highest BCUT2D eigenvalue weighted by molar-refractivity contribution is 8.09. The number of hydrogen-bond acceptors (Lipinski definition) is 2. The van der Waals surface area contributed by atoms with Gasteiger partial charge in [0.25, 0.3) is 0 Å². The molecular formula is C26H18S2. The summed E-state index contributed by atoms with van der Waals surface area (Å²) in [4.78, 5) is 2.75. The summed E-state index contributed by atoms with van der Waals surface area (Å²) in [6.07, 6.45) is 0. The van der Waals surface area contributed by atoms with Crippen molar-refractivity contribution in [3.05, 3.63) is 131 Å². The molecule has 2 heterocycles. The largest absolute Gasteiger partial charge is 0.124 e. The third-order valence-corrected chi connectivity index (χ3v) is 8.96. The topological polar surface area (TPSA) is 0 Å². The quantitative estimate of drug-likeness (QED) is 0.333. The first kappa shape index (κ1) is 16.5. The molecule has 0 bridgehead atoms. The standard InChI is InChI=1S/C26H18S2/c1-3-11-19(12-4-1)25(20-13-5-2-6-14-20)26(28-25)21-15-7-9-17-23(21)27-24-18-10-8-16-22(24)26/h1-18H. The van der Waals surface area contributed by atoms with Crippen molar-refractivity contribution in [3.8, 4) is 0 Å². The van der Waals surface area contributed by atoms with Crippen LogP contribution < -0.4 is 0 Å². The molecule has 1 spiro atoms. The molecule has 6 rings (SSSR count). The van der Waals surface area contributed by atoms with Gasteiger partial charge in [-0.25, -0.2) is 0 Å². The molecule has 0 nitrogen and oxygen atoms in total. The molecule has 134 valence electrons. The molecule has 4 aromatic rings. The Bertz CT molecular complexity index is 1080. The van der Waals surface area contributed by atoms with E-state index in [9.17, 15) is 0 Å². The molecule has 0 aliphatic carbocycles. The van der Waals surface area contributed by atoms with Crippen molar-refractivity contribution in [1.29, 1.82) is 0 Å². The maximum atomic E-state index is 2.33. The molecule has 4 aromatic carbocycles. The molecule has 0 amide bonds. The first-order valence-corrected chi connectivity index (χ1v) is 11.2. The molecule has 0 radical (unpaired) electrons. The second-order valence-electron chi connectivity index (χ2n) is 7.29. The maximum Gasteiger partial charge on any atom is 0.0921 e. The molecule has 0 unspecified atom stereocenters. The van der Waals surface area contributed by atoms with Crippen molar-refractivity contribution >= 4 is 23.5 Å². The monoisotopic (exact) mass is 394 g/mol. The highest BCUT2D eigenvalue weighted by Crippen LogP contribution is 2.83. The molecule has 2 heteroatoms.